The molecule has 158 valence electrons. The molecule has 0 N–H and O–H groups in total. The number of hydrogen-bond donors (Lipinski definition) is 0. The minimum atomic E-state index is 0.0693. The largest absolute Gasteiger partial charge is 0.360 e. The number of hydrogen-bond acceptors (Lipinski definition) is 8. The molecule has 3 aromatic heterocycles. The minimum Gasteiger partial charge on any atom is -0.360 e. The minimum absolute atomic E-state index is 0.0693. The SMILES string of the molecule is Cc1cc(CSc2ccccc2C(=O)N2CCN(c3ncnc4sccc34)CC2)on1. The second-order valence-corrected chi connectivity index (χ2v) is 9.25. The molecule has 1 aromatic carbocycles. The van der Waals surface area contributed by atoms with Crippen molar-refractivity contribution < 1.29 is 9.32 Å². The summed E-state index contributed by atoms with van der Waals surface area (Å²) in [4.78, 5) is 28.2. The van der Waals surface area contributed by atoms with Gasteiger partial charge >= 0.3 is 0 Å². The Hall–Kier alpha value is -2.91. The molecule has 1 aliphatic heterocycles. The first-order valence-corrected chi connectivity index (χ1v) is 11.9. The zero-order valence-electron chi connectivity index (χ0n) is 17.0. The zero-order chi connectivity index (χ0) is 21.2. The average molecular weight is 452 g/mol. The summed E-state index contributed by atoms with van der Waals surface area (Å²) in [6.07, 6.45) is 1.62. The Balaban J connectivity index is 1.27. The molecule has 1 fully saturated rings. The second-order valence-electron chi connectivity index (χ2n) is 7.34. The molecule has 1 amide bonds. The molecule has 0 aliphatic carbocycles. The third kappa shape index (κ3) is 4.15. The number of thioether (sulfide) groups is 1. The average Bonchev–Trinajstić information content (AvgIpc) is 3.46. The summed E-state index contributed by atoms with van der Waals surface area (Å²) in [6, 6.07) is 11.8. The summed E-state index contributed by atoms with van der Waals surface area (Å²) in [7, 11) is 0. The van der Waals surface area contributed by atoms with E-state index in [2.05, 4.69) is 26.1 Å². The van der Waals surface area contributed by atoms with E-state index in [0.29, 0.717) is 18.8 Å². The van der Waals surface area contributed by atoms with Crippen LogP contribution in [-0.2, 0) is 5.75 Å². The molecule has 5 rings (SSSR count). The van der Waals surface area contributed by atoms with Gasteiger partial charge in [0.05, 0.1) is 22.4 Å². The summed E-state index contributed by atoms with van der Waals surface area (Å²) in [5, 5.41) is 7.05. The smallest absolute Gasteiger partial charge is 0.255 e. The van der Waals surface area contributed by atoms with Crippen molar-refractivity contribution in [3.63, 3.8) is 0 Å². The molecular weight excluding hydrogens is 430 g/mol. The van der Waals surface area contributed by atoms with E-state index >= 15 is 0 Å². The van der Waals surface area contributed by atoms with Crippen molar-refractivity contribution in [2.45, 2.75) is 17.6 Å². The van der Waals surface area contributed by atoms with Gasteiger partial charge in [0.1, 0.15) is 22.7 Å². The van der Waals surface area contributed by atoms with Gasteiger partial charge in [0, 0.05) is 37.1 Å². The van der Waals surface area contributed by atoms with Crippen molar-refractivity contribution in [3.05, 3.63) is 65.1 Å². The third-order valence-electron chi connectivity index (χ3n) is 5.27. The fourth-order valence-corrected chi connectivity index (χ4v) is 5.37. The molecule has 0 unspecified atom stereocenters. The Kier molecular flexibility index (Phi) is 5.61. The van der Waals surface area contributed by atoms with Gasteiger partial charge in [-0.05, 0) is 30.5 Å². The lowest BCUT2D eigenvalue weighted by Crippen LogP contribution is -2.49. The van der Waals surface area contributed by atoms with Crippen LogP contribution < -0.4 is 4.90 Å². The number of aromatic nitrogens is 3. The van der Waals surface area contributed by atoms with Gasteiger partial charge in [-0.1, -0.05) is 17.3 Å². The number of fused-ring (bicyclic) bond motifs is 1. The first kappa shape index (κ1) is 20.0. The fourth-order valence-electron chi connectivity index (χ4n) is 3.72. The second kappa shape index (κ2) is 8.68. The number of carbonyl (C=O) groups excluding carboxylic acids is 1. The molecule has 0 spiro atoms. The molecule has 31 heavy (non-hydrogen) atoms. The number of rotatable bonds is 5. The highest BCUT2D eigenvalue weighted by molar-refractivity contribution is 7.98. The first-order valence-electron chi connectivity index (χ1n) is 10.1. The van der Waals surface area contributed by atoms with Crippen LogP contribution in [0.25, 0.3) is 10.2 Å². The molecule has 0 atom stereocenters. The Bertz CT molecular complexity index is 1210. The Morgan fingerprint density at radius 3 is 2.81 bits per heavy atom. The molecular formula is C22H21N5O2S2. The first-order chi connectivity index (χ1) is 15.2. The Labute approximate surface area is 188 Å². The Morgan fingerprint density at radius 1 is 1.16 bits per heavy atom. The quantitative estimate of drug-likeness (QED) is 0.420. The van der Waals surface area contributed by atoms with Gasteiger partial charge in [-0.25, -0.2) is 9.97 Å². The predicted octanol–water partition coefficient (Wildman–Crippen LogP) is 4.24. The van der Waals surface area contributed by atoms with E-state index < -0.39 is 0 Å². The number of amides is 1. The predicted molar refractivity (Wildman–Crippen MR) is 123 cm³/mol. The van der Waals surface area contributed by atoms with Crippen molar-refractivity contribution >= 4 is 45.0 Å². The molecule has 0 radical (unpaired) electrons. The van der Waals surface area contributed by atoms with E-state index in [9.17, 15) is 4.79 Å². The van der Waals surface area contributed by atoms with Crippen molar-refractivity contribution in [2.24, 2.45) is 0 Å². The van der Waals surface area contributed by atoms with Crippen molar-refractivity contribution in [3.8, 4) is 0 Å². The number of aryl methyl sites for hydroxylation is 1. The van der Waals surface area contributed by atoms with Gasteiger partial charge in [0.25, 0.3) is 5.91 Å². The van der Waals surface area contributed by atoms with Gasteiger partial charge < -0.3 is 14.3 Å². The maximum absolute atomic E-state index is 13.3. The van der Waals surface area contributed by atoms with Crippen LogP contribution in [0.5, 0.6) is 0 Å². The van der Waals surface area contributed by atoms with Crippen molar-refractivity contribution in [1.82, 2.24) is 20.0 Å². The molecule has 1 aliphatic rings. The van der Waals surface area contributed by atoms with E-state index in [1.54, 1.807) is 29.4 Å². The monoisotopic (exact) mass is 451 g/mol. The number of piperazine rings is 1. The molecule has 1 saturated heterocycles. The Morgan fingerprint density at radius 2 is 2.00 bits per heavy atom. The maximum atomic E-state index is 13.3. The van der Waals surface area contributed by atoms with Crippen molar-refractivity contribution in [1.29, 1.82) is 0 Å². The lowest BCUT2D eigenvalue weighted by molar-refractivity contribution is 0.0743. The van der Waals surface area contributed by atoms with Crippen LogP contribution in [0.2, 0.25) is 0 Å². The van der Waals surface area contributed by atoms with Gasteiger partial charge in [0.2, 0.25) is 0 Å². The van der Waals surface area contributed by atoms with E-state index in [0.717, 1.165) is 51.0 Å². The van der Waals surface area contributed by atoms with E-state index in [4.69, 9.17) is 4.52 Å². The number of benzene rings is 1. The van der Waals surface area contributed by atoms with E-state index in [1.165, 1.54) is 0 Å². The molecule has 4 aromatic rings. The van der Waals surface area contributed by atoms with Gasteiger partial charge in [-0.15, -0.1) is 23.1 Å². The van der Waals surface area contributed by atoms with Gasteiger partial charge in [0.15, 0.2) is 0 Å². The van der Waals surface area contributed by atoms with Crippen LogP contribution in [0.1, 0.15) is 21.8 Å². The number of carbonyl (C=O) groups is 1. The highest BCUT2D eigenvalue weighted by atomic mass is 32.2. The maximum Gasteiger partial charge on any atom is 0.255 e. The zero-order valence-corrected chi connectivity index (χ0v) is 18.7. The lowest BCUT2D eigenvalue weighted by Gasteiger charge is -2.35. The molecule has 7 nitrogen and oxygen atoms in total. The van der Waals surface area contributed by atoms with E-state index in [1.807, 2.05) is 47.5 Å². The van der Waals surface area contributed by atoms with Gasteiger partial charge in [-0.2, -0.15) is 0 Å². The third-order valence-corrected chi connectivity index (χ3v) is 7.19. The summed E-state index contributed by atoms with van der Waals surface area (Å²) in [5.74, 6) is 2.47. The highest BCUT2D eigenvalue weighted by Gasteiger charge is 2.25. The van der Waals surface area contributed by atoms with Crippen LogP contribution in [0.15, 0.2) is 57.5 Å². The van der Waals surface area contributed by atoms with E-state index in [-0.39, 0.29) is 5.91 Å². The number of anilines is 1. The summed E-state index contributed by atoms with van der Waals surface area (Å²) >= 11 is 3.22. The normalized spacial score (nSPS) is 14.4. The van der Waals surface area contributed by atoms with Crippen LogP contribution >= 0.6 is 23.1 Å². The van der Waals surface area contributed by atoms with Crippen LogP contribution in [-0.4, -0.2) is 52.1 Å². The summed E-state index contributed by atoms with van der Waals surface area (Å²) < 4.78 is 5.30. The van der Waals surface area contributed by atoms with Crippen LogP contribution in [0.4, 0.5) is 5.82 Å². The fraction of sp³-hybridized carbons (Fsp3) is 0.273. The standard InChI is InChI=1S/C22H21N5O2S2/c1-15-12-16(29-25-15)13-31-19-5-3-2-4-17(19)22(28)27-9-7-26(8-10-27)20-18-6-11-30-21(18)24-14-23-20/h2-6,11-12,14H,7-10,13H2,1H3. The number of nitrogens with zero attached hydrogens (tertiary/aromatic N) is 5. The summed E-state index contributed by atoms with van der Waals surface area (Å²) in [6.45, 7) is 4.73. The van der Waals surface area contributed by atoms with Crippen LogP contribution in [0, 0.1) is 6.92 Å². The topological polar surface area (TPSA) is 75.4 Å². The summed E-state index contributed by atoms with van der Waals surface area (Å²) in [5.41, 5.74) is 1.60. The molecule has 4 heterocycles. The molecule has 0 bridgehead atoms. The van der Waals surface area contributed by atoms with Crippen molar-refractivity contribution in [2.75, 3.05) is 31.1 Å². The highest BCUT2D eigenvalue weighted by Crippen LogP contribution is 2.29. The molecule has 0 saturated carbocycles. The van der Waals surface area contributed by atoms with Gasteiger partial charge in [-0.3, -0.25) is 4.79 Å². The lowest BCUT2D eigenvalue weighted by atomic mass is 10.1. The number of thiophene rings is 1. The molecule has 9 heteroatoms. The van der Waals surface area contributed by atoms with Crippen LogP contribution in [0.3, 0.4) is 0 Å².